The Morgan fingerprint density at radius 1 is 1.50 bits per heavy atom. The number of benzene rings is 1. The largest absolute Gasteiger partial charge is 0.340 e. The van der Waals surface area contributed by atoms with Gasteiger partial charge in [0.1, 0.15) is 0 Å². The summed E-state index contributed by atoms with van der Waals surface area (Å²) in [6.45, 7) is 0.167. The quantitative estimate of drug-likeness (QED) is 0.872. The van der Waals surface area contributed by atoms with Gasteiger partial charge in [0.15, 0.2) is 5.69 Å². The zero-order valence-electron chi connectivity index (χ0n) is 9.30. The van der Waals surface area contributed by atoms with Crippen LogP contribution >= 0.6 is 15.9 Å². The van der Waals surface area contributed by atoms with Gasteiger partial charge in [0, 0.05) is 4.47 Å². The highest BCUT2D eigenvalue weighted by Crippen LogP contribution is 2.19. The minimum Gasteiger partial charge on any atom is -0.340 e. The summed E-state index contributed by atoms with van der Waals surface area (Å²) in [5.41, 5.74) is 1.03. The van der Waals surface area contributed by atoms with Crippen LogP contribution in [-0.4, -0.2) is 27.4 Å². The van der Waals surface area contributed by atoms with E-state index in [1.54, 1.807) is 6.20 Å². The van der Waals surface area contributed by atoms with E-state index in [4.69, 9.17) is 6.42 Å². The monoisotopic (exact) mass is 304 g/mol. The molecule has 0 aliphatic carbocycles. The van der Waals surface area contributed by atoms with Gasteiger partial charge >= 0.3 is 0 Å². The van der Waals surface area contributed by atoms with Gasteiger partial charge in [0.05, 0.1) is 18.4 Å². The van der Waals surface area contributed by atoms with E-state index in [1.807, 2.05) is 24.3 Å². The van der Waals surface area contributed by atoms with Gasteiger partial charge in [0.25, 0.3) is 5.91 Å². The van der Waals surface area contributed by atoms with E-state index >= 15 is 0 Å². The molecular weight excluding hydrogens is 296 g/mol. The van der Waals surface area contributed by atoms with Gasteiger partial charge in [-0.3, -0.25) is 4.79 Å². The first kappa shape index (κ1) is 12.3. The summed E-state index contributed by atoms with van der Waals surface area (Å²) in [5, 5.41) is 10.2. The Balaban J connectivity index is 2.24. The summed E-state index contributed by atoms with van der Waals surface area (Å²) < 4.78 is 2.39. The fraction of sp³-hybridized carbons (Fsp3) is 0.0833. The lowest BCUT2D eigenvalue weighted by Crippen LogP contribution is -2.23. The Hall–Kier alpha value is -2.13. The van der Waals surface area contributed by atoms with Crippen LogP contribution in [0.15, 0.2) is 34.9 Å². The first-order valence-electron chi connectivity index (χ1n) is 5.11. The van der Waals surface area contributed by atoms with Gasteiger partial charge in [-0.2, -0.15) is 0 Å². The third-order valence-electron chi connectivity index (χ3n) is 2.18. The topological polar surface area (TPSA) is 59.8 Å². The number of carbonyl (C=O) groups excluding carboxylic acids is 1. The van der Waals surface area contributed by atoms with E-state index < -0.39 is 0 Å². The number of hydrogen-bond acceptors (Lipinski definition) is 3. The normalized spacial score (nSPS) is 9.78. The van der Waals surface area contributed by atoms with Crippen molar-refractivity contribution >= 4 is 21.8 Å². The van der Waals surface area contributed by atoms with Crippen molar-refractivity contribution in [2.75, 3.05) is 6.54 Å². The molecule has 0 unspecified atom stereocenters. The van der Waals surface area contributed by atoms with Crippen molar-refractivity contribution in [3.63, 3.8) is 0 Å². The molecule has 0 radical (unpaired) electrons. The van der Waals surface area contributed by atoms with E-state index in [-0.39, 0.29) is 18.1 Å². The molecule has 1 aromatic heterocycles. The lowest BCUT2D eigenvalue weighted by atomic mass is 10.3. The zero-order chi connectivity index (χ0) is 13.0. The number of amides is 1. The Kier molecular flexibility index (Phi) is 3.75. The molecule has 90 valence electrons. The van der Waals surface area contributed by atoms with Crippen molar-refractivity contribution < 1.29 is 4.79 Å². The first-order valence-corrected chi connectivity index (χ1v) is 5.90. The second-order valence-corrected chi connectivity index (χ2v) is 4.24. The highest BCUT2D eigenvalue weighted by atomic mass is 79.9. The number of nitrogens with zero attached hydrogens (tertiary/aromatic N) is 3. The van der Waals surface area contributed by atoms with E-state index in [1.165, 1.54) is 4.68 Å². The summed E-state index contributed by atoms with van der Waals surface area (Å²) in [5.74, 6) is 1.98. The maximum atomic E-state index is 11.6. The van der Waals surface area contributed by atoms with Crippen LogP contribution in [0.1, 0.15) is 10.5 Å². The van der Waals surface area contributed by atoms with Crippen LogP contribution in [0.2, 0.25) is 0 Å². The molecule has 0 saturated heterocycles. The molecule has 6 heteroatoms. The molecule has 1 aromatic carbocycles. The fourth-order valence-corrected chi connectivity index (χ4v) is 1.81. The van der Waals surface area contributed by atoms with Gasteiger partial charge in [0.2, 0.25) is 0 Å². The minimum absolute atomic E-state index is 0.167. The van der Waals surface area contributed by atoms with Crippen LogP contribution in [0.4, 0.5) is 0 Å². The van der Waals surface area contributed by atoms with Gasteiger partial charge in [-0.25, -0.2) is 4.68 Å². The Labute approximate surface area is 112 Å². The van der Waals surface area contributed by atoms with Gasteiger partial charge in [-0.05, 0) is 28.1 Å². The number of aromatic nitrogens is 3. The lowest BCUT2D eigenvalue weighted by molar-refractivity contribution is 0.0953. The van der Waals surface area contributed by atoms with Gasteiger partial charge in [-0.15, -0.1) is 11.5 Å². The highest BCUT2D eigenvalue weighted by Gasteiger charge is 2.11. The van der Waals surface area contributed by atoms with Crippen LogP contribution < -0.4 is 5.32 Å². The van der Waals surface area contributed by atoms with Crippen molar-refractivity contribution in [2.45, 2.75) is 0 Å². The molecule has 0 fully saturated rings. The molecule has 2 aromatic rings. The van der Waals surface area contributed by atoms with Crippen molar-refractivity contribution in [1.29, 1.82) is 0 Å². The third kappa shape index (κ3) is 2.57. The standard InChI is InChI=1S/C12H9BrN4O/c1-2-7-14-12(18)10-8-17(16-15-10)11-6-4-3-5-9(11)13/h1,3-6,8H,7H2,(H,14,18). The second kappa shape index (κ2) is 5.47. The number of hydrogen-bond donors (Lipinski definition) is 1. The zero-order valence-corrected chi connectivity index (χ0v) is 10.9. The molecule has 0 atom stereocenters. The number of nitrogens with one attached hydrogen (secondary N) is 1. The summed E-state index contributed by atoms with van der Waals surface area (Å²) in [7, 11) is 0. The van der Waals surface area contributed by atoms with Crippen LogP contribution in [0.5, 0.6) is 0 Å². The minimum atomic E-state index is -0.341. The van der Waals surface area contributed by atoms with E-state index in [0.29, 0.717) is 0 Å². The number of rotatable bonds is 3. The lowest BCUT2D eigenvalue weighted by Gasteiger charge is -2.01. The maximum Gasteiger partial charge on any atom is 0.274 e. The molecule has 1 amide bonds. The molecular formula is C12H9BrN4O. The molecule has 0 spiro atoms. The Bertz CT molecular complexity index is 615. The van der Waals surface area contributed by atoms with Gasteiger partial charge < -0.3 is 5.32 Å². The van der Waals surface area contributed by atoms with Crippen molar-refractivity contribution in [2.24, 2.45) is 0 Å². The molecule has 0 saturated carbocycles. The molecule has 0 bridgehead atoms. The highest BCUT2D eigenvalue weighted by molar-refractivity contribution is 9.10. The molecule has 2 rings (SSSR count). The molecule has 5 nitrogen and oxygen atoms in total. The van der Waals surface area contributed by atoms with Crippen LogP contribution in [0.3, 0.4) is 0 Å². The second-order valence-electron chi connectivity index (χ2n) is 3.39. The van der Waals surface area contributed by atoms with Crippen LogP contribution in [-0.2, 0) is 0 Å². The number of para-hydroxylation sites is 1. The SMILES string of the molecule is C#CCNC(=O)c1cn(-c2ccccc2Br)nn1. The van der Waals surface area contributed by atoms with E-state index in [9.17, 15) is 4.79 Å². The molecule has 1 heterocycles. The molecule has 18 heavy (non-hydrogen) atoms. The number of carbonyl (C=O) groups is 1. The summed E-state index contributed by atoms with van der Waals surface area (Å²) in [4.78, 5) is 11.6. The predicted molar refractivity (Wildman–Crippen MR) is 70.2 cm³/mol. The molecule has 0 aliphatic rings. The molecule has 0 aliphatic heterocycles. The maximum absolute atomic E-state index is 11.6. The van der Waals surface area contributed by atoms with Crippen LogP contribution in [0, 0.1) is 12.3 Å². The smallest absolute Gasteiger partial charge is 0.274 e. The Morgan fingerprint density at radius 2 is 2.28 bits per heavy atom. The summed E-state index contributed by atoms with van der Waals surface area (Å²) in [6, 6.07) is 7.52. The van der Waals surface area contributed by atoms with E-state index in [0.717, 1.165) is 10.2 Å². The summed E-state index contributed by atoms with van der Waals surface area (Å²) in [6.07, 6.45) is 6.61. The fourth-order valence-electron chi connectivity index (χ4n) is 1.34. The molecule has 1 N–H and O–H groups in total. The van der Waals surface area contributed by atoms with Crippen molar-refractivity contribution in [3.8, 4) is 18.0 Å². The first-order chi connectivity index (χ1) is 8.72. The number of halogens is 1. The third-order valence-corrected chi connectivity index (χ3v) is 2.85. The number of terminal acetylenes is 1. The van der Waals surface area contributed by atoms with Crippen molar-refractivity contribution in [3.05, 3.63) is 40.6 Å². The predicted octanol–water partition coefficient (Wildman–Crippen LogP) is 1.39. The average Bonchev–Trinajstić information content (AvgIpc) is 2.86. The van der Waals surface area contributed by atoms with E-state index in [2.05, 4.69) is 37.5 Å². The van der Waals surface area contributed by atoms with Crippen LogP contribution in [0.25, 0.3) is 5.69 Å². The average molecular weight is 305 g/mol. The Morgan fingerprint density at radius 3 is 3.00 bits per heavy atom. The van der Waals surface area contributed by atoms with Gasteiger partial charge in [-0.1, -0.05) is 23.3 Å². The van der Waals surface area contributed by atoms with Crippen molar-refractivity contribution in [1.82, 2.24) is 20.3 Å². The summed E-state index contributed by atoms with van der Waals surface area (Å²) >= 11 is 3.41.